The molecule has 0 radical (unpaired) electrons. The van der Waals surface area contributed by atoms with Crippen molar-refractivity contribution in [3.05, 3.63) is 54.4 Å². The molecule has 3 N–H and O–H groups in total. The summed E-state index contributed by atoms with van der Waals surface area (Å²) >= 11 is 0. The summed E-state index contributed by atoms with van der Waals surface area (Å²) < 4.78 is 28.5. The van der Waals surface area contributed by atoms with Gasteiger partial charge in [0.05, 0.1) is 4.90 Å². The van der Waals surface area contributed by atoms with Crippen LogP contribution in [0.25, 0.3) is 0 Å². The molecule has 1 heterocycles. The predicted molar refractivity (Wildman–Crippen MR) is 125 cm³/mol. The summed E-state index contributed by atoms with van der Waals surface area (Å²) in [4.78, 5) is 16.4. The molecule has 2 fully saturated rings. The highest BCUT2D eigenvalue weighted by molar-refractivity contribution is 7.89. The van der Waals surface area contributed by atoms with Gasteiger partial charge < -0.3 is 10.6 Å². The van der Waals surface area contributed by atoms with E-state index in [1.165, 1.54) is 31.4 Å². The maximum atomic E-state index is 12.8. The second kappa shape index (κ2) is 9.58. The van der Waals surface area contributed by atoms with Crippen LogP contribution >= 0.6 is 0 Å². The Kier molecular flexibility index (Phi) is 6.81. The van der Waals surface area contributed by atoms with Gasteiger partial charge in [-0.1, -0.05) is 13.3 Å². The molecule has 1 aromatic heterocycles. The number of carbonyl (C=O) groups is 1. The summed E-state index contributed by atoms with van der Waals surface area (Å²) in [6, 6.07) is 9.75. The van der Waals surface area contributed by atoms with Crippen LogP contribution in [0.3, 0.4) is 0 Å². The zero-order chi connectivity index (χ0) is 22.7. The number of sulfonamides is 1. The first-order chi connectivity index (χ1) is 15.3. The van der Waals surface area contributed by atoms with Crippen LogP contribution in [0.2, 0.25) is 0 Å². The number of hydrogen-bond acceptors (Lipinski definition) is 4. The summed E-state index contributed by atoms with van der Waals surface area (Å²) in [7, 11) is -3.59. The lowest BCUT2D eigenvalue weighted by Crippen LogP contribution is -2.40. The molecule has 0 aliphatic heterocycles. The van der Waals surface area contributed by atoms with Gasteiger partial charge in [-0.2, -0.15) is 0 Å². The van der Waals surface area contributed by atoms with Gasteiger partial charge in [0.25, 0.3) is 0 Å². The number of pyridine rings is 1. The van der Waals surface area contributed by atoms with E-state index in [9.17, 15) is 13.2 Å². The van der Waals surface area contributed by atoms with E-state index >= 15 is 0 Å². The molecule has 2 bridgehead atoms. The molecule has 5 atom stereocenters. The summed E-state index contributed by atoms with van der Waals surface area (Å²) in [5.74, 6) is 2.02. The van der Waals surface area contributed by atoms with Gasteiger partial charge in [0.2, 0.25) is 10.0 Å². The highest BCUT2D eigenvalue weighted by Crippen LogP contribution is 2.49. The van der Waals surface area contributed by atoms with Crippen LogP contribution in [0.5, 0.6) is 0 Å². The molecule has 2 aromatic rings. The van der Waals surface area contributed by atoms with Crippen molar-refractivity contribution in [2.24, 2.45) is 17.8 Å². The summed E-state index contributed by atoms with van der Waals surface area (Å²) in [6.45, 7) is 4.49. The van der Waals surface area contributed by atoms with Crippen LogP contribution < -0.4 is 15.4 Å². The number of nitrogens with one attached hydrogen (secondary N) is 3. The normalized spacial score (nSPS) is 24.1. The highest BCUT2D eigenvalue weighted by Gasteiger charge is 2.42. The Balaban J connectivity index is 1.28. The number of urea groups is 1. The van der Waals surface area contributed by atoms with Crippen LogP contribution in [0.15, 0.2) is 53.7 Å². The quantitative estimate of drug-likeness (QED) is 0.556. The van der Waals surface area contributed by atoms with Crippen LogP contribution in [0.1, 0.15) is 51.0 Å². The third-order valence-corrected chi connectivity index (χ3v) is 8.62. The lowest BCUT2D eigenvalue weighted by Gasteiger charge is -2.28. The number of fused-ring (bicyclic) bond motifs is 2. The number of benzene rings is 1. The largest absolute Gasteiger partial charge is 0.337 e. The lowest BCUT2D eigenvalue weighted by molar-refractivity contribution is 0.251. The molecular formula is C24H32N4O3S. The number of amides is 2. The minimum atomic E-state index is -3.59. The van der Waals surface area contributed by atoms with Gasteiger partial charge in [-0.15, -0.1) is 0 Å². The zero-order valence-corrected chi connectivity index (χ0v) is 19.4. The molecule has 172 valence electrons. The smallest absolute Gasteiger partial charge is 0.319 e. The number of hydrogen-bond donors (Lipinski definition) is 3. The molecule has 2 aliphatic carbocycles. The number of anilines is 1. The van der Waals surface area contributed by atoms with Crippen molar-refractivity contribution in [2.75, 3.05) is 11.9 Å². The van der Waals surface area contributed by atoms with Crippen LogP contribution in [-0.2, 0) is 10.0 Å². The lowest BCUT2D eigenvalue weighted by atomic mass is 9.84. The van der Waals surface area contributed by atoms with E-state index < -0.39 is 10.0 Å². The van der Waals surface area contributed by atoms with E-state index in [1.54, 1.807) is 24.5 Å². The van der Waals surface area contributed by atoms with Crippen molar-refractivity contribution in [1.82, 2.24) is 15.0 Å². The Morgan fingerprint density at radius 1 is 1.06 bits per heavy atom. The Hall–Kier alpha value is -2.45. The maximum absolute atomic E-state index is 12.8. The van der Waals surface area contributed by atoms with Crippen LogP contribution in [0, 0.1) is 17.8 Å². The van der Waals surface area contributed by atoms with Gasteiger partial charge in [-0.05, 0) is 91.8 Å². The van der Waals surface area contributed by atoms with Gasteiger partial charge in [0.1, 0.15) is 0 Å². The van der Waals surface area contributed by atoms with Crippen molar-refractivity contribution in [3.8, 4) is 0 Å². The molecule has 4 rings (SSSR count). The van der Waals surface area contributed by atoms with Crippen molar-refractivity contribution >= 4 is 21.7 Å². The van der Waals surface area contributed by atoms with Gasteiger partial charge in [-0.25, -0.2) is 17.9 Å². The van der Waals surface area contributed by atoms with Crippen molar-refractivity contribution in [3.63, 3.8) is 0 Å². The maximum Gasteiger partial charge on any atom is 0.319 e. The fourth-order valence-electron chi connectivity index (χ4n) is 5.25. The summed E-state index contributed by atoms with van der Waals surface area (Å²) in [6.07, 6.45) is 8.37. The topological polar surface area (TPSA) is 100 Å². The van der Waals surface area contributed by atoms with E-state index in [1.807, 2.05) is 26.0 Å². The van der Waals surface area contributed by atoms with Crippen molar-refractivity contribution < 1.29 is 13.2 Å². The van der Waals surface area contributed by atoms with Crippen molar-refractivity contribution in [1.29, 1.82) is 0 Å². The average Bonchev–Trinajstić information content (AvgIpc) is 3.42. The number of carbonyl (C=O) groups excluding carboxylic acids is 1. The number of rotatable bonds is 8. The third kappa shape index (κ3) is 5.30. The monoisotopic (exact) mass is 456 g/mol. The first-order valence-electron chi connectivity index (χ1n) is 11.4. The van der Waals surface area contributed by atoms with E-state index in [0.29, 0.717) is 24.1 Å². The molecule has 0 spiro atoms. The molecule has 2 saturated carbocycles. The molecule has 32 heavy (non-hydrogen) atoms. The summed E-state index contributed by atoms with van der Waals surface area (Å²) in [5, 5.41) is 5.60. The zero-order valence-electron chi connectivity index (χ0n) is 18.6. The Labute approximate surface area is 190 Å². The first kappa shape index (κ1) is 22.7. The van der Waals surface area contributed by atoms with E-state index in [4.69, 9.17) is 0 Å². The molecule has 2 amide bonds. The van der Waals surface area contributed by atoms with Crippen molar-refractivity contribution in [2.45, 2.75) is 56.4 Å². The van der Waals surface area contributed by atoms with Crippen LogP contribution in [-0.4, -0.2) is 32.0 Å². The average molecular weight is 457 g/mol. The van der Waals surface area contributed by atoms with E-state index in [2.05, 4.69) is 20.3 Å². The molecule has 8 heteroatoms. The molecule has 5 unspecified atom stereocenters. The number of nitrogens with zero attached hydrogens (tertiary/aromatic N) is 1. The minimum absolute atomic E-state index is 0.0683. The Morgan fingerprint density at radius 3 is 2.41 bits per heavy atom. The first-order valence-corrected chi connectivity index (χ1v) is 12.9. The SMILES string of the molecule is CC(CNC(=O)Nc1ccc(S(=O)(=O)NC(C)C2CC3CCC2C3)cc1)c1ccncc1. The van der Waals surface area contributed by atoms with Gasteiger partial charge in [0, 0.05) is 30.7 Å². The third-order valence-electron chi connectivity index (χ3n) is 7.04. The van der Waals surface area contributed by atoms with Gasteiger partial charge in [-0.3, -0.25) is 4.98 Å². The fraction of sp³-hybridized carbons (Fsp3) is 0.500. The van der Waals surface area contributed by atoms with Gasteiger partial charge in [0.15, 0.2) is 0 Å². The Morgan fingerprint density at radius 2 is 1.78 bits per heavy atom. The molecule has 0 saturated heterocycles. The summed E-state index contributed by atoms with van der Waals surface area (Å²) in [5.41, 5.74) is 1.64. The second-order valence-electron chi connectivity index (χ2n) is 9.29. The molecule has 2 aliphatic rings. The van der Waals surface area contributed by atoms with E-state index in [0.717, 1.165) is 17.9 Å². The highest BCUT2D eigenvalue weighted by atomic mass is 32.2. The molecule has 1 aromatic carbocycles. The fourth-order valence-corrected chi connectivity index (χ4v) is 6.55. The van der Waals surface area contributed by atoms with Crippen LogP contribution in [0.4, 0.5) is 10.5 Å². The van der Waals surface area contributed by atoms with Gasteiger partial charge >= 0.3 is 6.03 Å². The number of aromatic nitrogens is 1. The molecular weight excluding hydrogens is 424 g/mol. The standard InChI is InChI=1S/C24H32N4O3S/c1-16(19-9-11-25-12-10-19)15-26-24(29)27-21-5-7-22(8-6-21)32(30,31)28-17(2)23-14-18-3-4-20(23)13-18/h5-12,16-18,20,23,28H,3-4,13-15H2,1-2H3,(H2,26,27,29). The molecule has 7 nitrogen and oxygen atoms in total. The predicted octanol–water partition coefficient (Wildman–Crippen LogP) is 4.11. The van der Waals surface area contributed by atoms with E-state index in [-0.39, 0.29) is 22.9 Å². The second-order valence-corrected chi connectivity index (χ2v) is 11.0. The minimum Gasteiger partial charge on any atom is -0.337 e. The Bertz CT molecular complexity index is 1030.